The number of anilines is 1. The first-order chi connectivity index (χ1) is 14.1. The molecule has 2 heterocycles. The number of hydrogen-bond donors (Lipinski definition) is 1. The number of aryl methyl sites for hydroxylation is 3. The van der Waals surface area contributed by atoms with Crippen molar-refractivity contribution < 1.29 is 9.72 Å². The molecule has 0 saturated heterocycles. The van der Waals surface area contributed by atoms with Crippen LogP contribution < -0.4 is 16.6 Å². The molecule has 0 saturated carbocycles. The topological polar surface area (TPSA) is 129 Å². The van der Waals surface area contributed by atoms with Crippen molar-refractivity contribution in [2.45, 2.75) is 26.7 Å². The van der Waals surface area contributed by atoms with Gasteiger partial charge in [-0.2, -0.15) is 0 Å². The first-order valence-electron chi connectivity index (χ1n) is 9.22. The van der Waals surface area contributed by atoms with Gasteiger partial charge in [-0.05, 0) is 37.5 Å². The van der Waals surface area contributed by atoms with Crippen LogP contribution >= 0.6 is 0 Å². The summed E-state index contributed by atoms with van der Waals surface area (Å²) < 4.78 is 2.36. The molecule has 1 aromatic carbocycles. The van der Waals surface area contributed by atoms with Crippen LogP contribution in [0.3, 0.4) is 0 Å². The number of benzene rings is 1. The van der Waals surface area contributed by atoms with E-state index in [0.717, 1.165) is 10.1 Å². The van der Waals surface area contributed by atoms with Crippen molar-refractivity contribution in [2.75, 3.05) is 5.32 Å². The summed E-state index contributed by atoms with van der Waals surface area (Å²) in [5.41, 5.74) is 1.71. The lowest BCUT2D eigenvalue weighted by atomic mass is 10.00. The Bertz CT molecular complexity index is 1310. The second-order valence-corrected chi connectivity index (χ2v) is 7.06. The monoisotopic (exact) mass is 411 g/mol. The van der Waals surface area contributed by atoms with Crippen molar-refractivity contribution in [1.29, 1.82) is 0 Å². The number of fused-ring (bicyclic) bond motifs is 1. The zero-order valence-electron chi connectivity index (χ0n) is 17.1. The van der Waals surface area contributed by atoms with E-state index in [1.807, 2.05) is 0 Å². The smallest absolute Gasteiger partial charge is 0.326 e. The average Bonchev–Trinajstić information content (AvgIpc) is 2.70. The Hall–Kier alpha value is -3.82. The number of carbonyl (C=O) groups excluding carboxylic acids is 1. The van der Waals surface area contributed by atoms with E-state index in [-0.39, 0.29) is 18.0 Å². The van der Waals surface area contributed by atoms with Crippen LogP contribution in [0.1, 0.15) is 23.2 Å². The largest absolute Gasteiger partial charge is 0.332 e. The van der Waals surface area contributed by atoms with Gasteiger partial charge in [0.05, 0.1) is 10.3 Å². The van der Waals surface area contributed by atoms with E-state index in [4.69, 9.17) is 0 Å². The summed E-state index contributed by atoms with van der Waals surface area (Å²) in [7, 11) is 2.97. The van der Waals surface area contributed by atoms with Crippen molar-refractivity contribution >= 4 is 28.3 Å². The first kappa shape index (κ1) is 20.9. The Morgan fingerprint density at radius 2 is 1.90 bits per heavy atom. The van der Waals surface area contributed by atoms with Crippen molar-refractivity contribution in [2.24, 2.45) is 14.1 Å². The lowest BCUT2D eigenvalue weighted by Crippen LogP contribution is -2.38. The molecule has 10 nitrogen and oxygen atoms in total. The Labute approximate surface area is 170 Å². The van der Waals surface area contributed by atoms with E-state index in [1.54, 1.807) is 27.0 Å². The summed E-state index contributed by atoms with van der Waals surface area (Å²) in [4.78, 5) is 51.9. The van der Waals surface area contributed by atoms with E-state index in [0.29, 0.717) is 34.4 Å². The van der Waals surface area contributed by atoms with Crippen molar-refractivity contribution in [3.63, 3.8) is 0 Å². The maximum absolute atomic E-state index is 12.6. The van der Waals surface area contributed by atoms with Gasteiger partial charge in [-0.3, -0.25) is 28.8 Å². The van der Waals surface area contributed by atoms with Crippen LogP contribution in [-0.4, -0.2) is 24.9 Å². The number of non-ortho nitro benzene ring substituents is 1. The van der Waals surface area contributed by atoms with Crippen LogP contribution in [0, 0.1) is 24.0 Å². The highest BCUT2D eigenvalue weighted by Crippen LogP contribution is 2.21. The van der Waals surface area contributed by atoms with Crippen LogP contribution in [-0.2, 0) is 25.3 Å². The molecule has 10 heteroatoms. The number of hydrogen-bond acceptors (Lipinski definition) is 6. The fourth-order valence-electron chi connectivity index (χ4n) is 3.47. The van der Waals surface area contributed by atoms with Crippen LogP contribution in [0.25, 0.3) is 11.0 Å². The predicted octanol–water partition coefficient (Wildman–Crippen LogP) is 1.73. The molecule has 0 spiro atoms. The SMILES string of the molecule is Cc1nc2c(c(C)c1CCC(=O)Nc1cccc([N+](=O)[O-])c1)c(=O)n(C)c(=O)n2C. The lowest BCUT2D eigenvalue weighted by molar-refractivity contribution is -0.384. The minimum atomic E-state index is -0.531. The van der Waals surface area contributed by atoms with E-state index < -0.39 is 16.2 Å². The lowest BCUT2D eigenvalue weighted by Gasteiger charge is -2.14. The molecule has 0 unspecified atom stereocenters. The molecule has 156 valence electrons. The fraction of sp³-hybridized carbons (Fsp3) is 0.300. The van der Waals surface area contributed by atoms with Gasteiger partial charge in [0.15, 0.2) is 0 Å². The van der Waals surface area contributed by atoms with Crippen molar-refractivity contribution in [3.05, 3.63) is 72.0 Å². The molecule has 0 aliphatic carbocycles. The maximum Gasteiger partial charge on any atom is 0.332 e. The Morgan fingerprint density at radius 1 is 1.20 bits per heavy atom. The second-order valence-electron chi connectivity index (χ2n) is 7.06. The minimum Gasteiger partial charge on any atom is -0.326 e. The number of carbonyl (C=O) groups is 1. The van der Waals surface area contributed by atoms with Gasteiger partial charge in [-0.25, -0.2) is 9.78 Å². The molecule has 0 bridgehead atoms. The quantitative estimate of drug-likeness (QED) is 0.503. The fourth-order valence-corrected chi connectivity index (χ4v) is 3.47. The molecule has 0 atom stereocenters. The molecule has 3 rings (SSSR count). The summed E-state index contributed by atoms with van der Waals surface area (Å²) in [6.45, 7) is 3.54. The Morgan fingerprint density at radius 3 is 2.57 bits per heavy atom. The molecule has 1 N–H and O–H groups in total. The van der Waals surface area contributed by atoms with E-state index in [1.165, 1.54) is 29.8 Å². The number of nitrogens with one attached hydrogen (secondary N) is 1. The van der Waals surface area contributed by atoms with Gasteiger partial charge >= 0.3 is 5.69 Å². The molecular weight excluding hydrogens is 390 g/mol. The van der Waals surface area contributed by atoms with E-state index >= 15 is 0 Å². The third-order valence-corrected chi connectivity index (χ3v) is 5.11. The van der Waals surface area contributed by atoms with Gasteiger partial charge in [0.25, 0.3) is 11.2 Å². The zero-order valence-corrected chi connectivity index (χ0v) is 17.1. The summed E-state index contributed by atoms with van der Waals surface area (Å²) in [6.07, 6.45) is 0.428. The third-order valence-electron chi connectivity index (χ3n) is 5.11. The number of rotatable bonds is 5. The van der Waals surface area contributed by atoms with Crippen molar-refractivity contribution in [3.8, 4) is 0 Å². The highest BCUT2D eigenvalue weighted by Gasteiger charge is 2.18. The van der Waals surface area contributed by atoms with Crippen LogP contribution in [0.5, 0.6) is 0 Å². The maximum atomic E-state index is 12.6. The number of nitro benzene ring substituents is 1. The molecule has 30 heavy (non-hydrogen) atoms. The van der Waals surface area contributed by atoms with Gasteiger partial charge in [0, 0.05) is 44.0 Å². The molecule has 1 amide bonds. The summed E-state index contributed by atoms with van der Waals surface area (Å²) >= 11 is 0. The minimum absolute atomic E-state index is 0.101. The Kier molecular flexibility index (Phi) is 5.50. The van der Waals surface area contributed by atoms with Gasteiger partial charge in [0.1, 0.15) is 5.65 Å². The molecule has 0 fully saturated rings. The second kappa shape index (κ2) is 7.90. The number of aromatic nitrogens is 3. The highest BCUT2D eigenvalue weighted by atomic mass is 16.6. The molecule has 2 aromatic heterocycles. The van der Waals surface area contributed by atoms with Crippen LogP contribution in [0.4, 0.5) is 11.4 Å². The van der Waals surface area contributed by atoms with E-state index in [2.05, 4.69) is 10.3 Å². The van der Waals surface area contributed by atoms with Gasteiger partial charge in [-0.1, -0.05) is 6.07 Å². The molecule has 0 aliphatic rings. The normalized spacial score (nSPS) is 10.9. The molecule has 3 aromatic rings. The summed E-state index contributed by atoms with van der Waals surface area (Å²) in [6, 6.07) is 5.70. The number of nitro groups is 1. The zero-order chi connectivity index (χ0) is 22.2. The third kappa shape index (κ3) is 3.71. The Balaban J connectivity index is 1.88. The summed E-state index contributed by atoms with van der Waals surface area (Å²) in [5, 5.41) is 13.9. The van der Waals surface area contributed by atoms with Crippen molar-refractivity contribution in [1.82, 2.24) is 14.1 Å². The summed E-state index contributed by atoms with van der Waals surface area (Å²) in [5.74, 6) is -0.317. The predicted molar refractivity (Wildman–Crippen MR) is 112 cm³/mol. The molecular formula is C20H21N5O5. The number of pyridine rings is 1. The van der Waals surface area contributed by atoms with Gasteiger partial charge < -0.3 is 5.32 Å². The van der Waals surface area contributed by atoms with Gasteiger partial charge in [-0.15, -0.1) is 0 Å². The molecule has 0 radical (unpaired) electrons. The highest BCUT2D eigenvalue weighted by molar-refractivity contribution is 5.91. The standard InChI is InChI=1S/C20H21N5O5/c1-11-15(8-9-16(26)22-13-6-5-7-14(10-13)25(29)30)12(2)21-18-17(11)19(27)24(4)20(28)23(18)3/h5-7,10H,8-9H2,1-4H3,(H,22,26). The van der Waals surface area contributed by atoms with Crippen LogP contribution in [0.15, 0.2) is 33.9 Å². The number of amides is 1. The van der Waals surface area contributed by atoms with Crippen LogP contribution in [0.2, 0.25) is 0 Å². The van der Waals surface area contributed by atoms with E-state index in [9.17, 15) is 24.5 Å². The number of nitrogens with zero attached hydrogens (tertiary/aromatic N) is 4. The average molecular weight is 411 g/mol. The van der Waals surface area contributed by atoms with Gasteiger partial charge in [0.2, 0.25) is 5.91 Å². The molecule has 0 aliphatic heterocycles. The first-order valence-corrected chi connectivity index (χ1v) is 9.22.